The number of hydrogen-bond donors (Lipinski definition) is 0. The zero-order chi connectivity index (χ0) is 8.10. The first-order valence-electron chi connectivity index (χ1n) is 3.21. The average molecular weight is 150 g/mol. The molecule has 0 spiro atoms. The molecule has 1 rings (SSSR count). The van der Waals surface area contributed by atoms with Crippen molar-refractivity contribution in [3.63, 3.8) is 0 Å². The predicted molar refractivity (Wildman–Crippen MR) is 41.6 cm³/mol. The molecule has 0 unspecified atom stereocenters. The minimum absolute atomic E-state index is 0.818. The van der Waals surface area contributed by atoms with Crippen molar-refractivity contribution in [3.8, 4) is 0 Å². The van der Waals surface area contributed by atoms with Crippen LogP contribution >= 0.6 is 0 Å². The molecular weight excluding hydrogens is 143 g/mol. The molecule has 0 fully saturated rings. The van der Waals surface area contributed by atoms with Crippen molar-refractivity contribution in [2.45, 2.75) is 0 Å². The monoisotopic (exact) mass is 150 g/mol. The number of carbonyl (C=O) groups excluding carboxylic acids is 1. The van der Waals surface area contributed by atoms with Crippen LogP contribution in [0.3, 0.4) is 0 Å². The maximum atomic E-state index is 11.7. The van der Waals surface area contributed by atoms with Crippen molar-refractivity contribution in [2.75, 3.05) is 0 Å². The summed E-state index contributed by atoms with van der Waals surface area (Å²) in [6.45, 7) is 0. The van der Waals surface area contributed by atoms with Gasteiger partial charge in [0.2, 0.25) is 0 Å². The Morgan fingerprint density at radius 2 is 1.91 bits per heavy atom. The summed E-state index contributed by atoms with van der Waals surface area (Å²) in [5.74, 6) is 0. The van der Waals surface area contributed by atoms with Crippen LogP contribution in [0.2, 0.25) is 0 Å². The molecule has 0 radical (unpaired) electrons. The molecule has 0 bridgehead atoms. The minimum atomic E-state index is -1.42. The van der Waals surface area contributed by atoms with Gasteiger partial charge in [0.1, 0.15) is 0 Å². The van der Waals surface area contributed by atoms with Crippen LogP contribution in [0, 0.1) is 0 Å². The first-order chi connectivity index (χ1) is 5.29. The fourth-order valence-electron chi connectivity index (χ4n) is 0.726. The number of allylic oxidation sites excluding steroid dienone is 1. The number of halogens is 1. The van der Waals surface area contributed by atoms with E-state index < -0.39 is 6.04 Å². The maximum Gasteiger partial charge on any atom is 0.324 e. The molecule has 1 aromatic rings. The molecule has 0 atom stereocenters. The molecule has 0 N–H and O–H groups in total. The maximum absolute atomic E-state index is 11.7. The van der Waals surface area contributed by atoms with Crippen LogP contribution in [0.25, 0.3) is 6.08 Å². The van der Waals surface area contributed by atoms with E-state index in [0.29, 0.717) is 0 Å². The molecule has 1 nitrogen and oxygen atoms in total. The van der Waals surface area contributed by atoms with E-state index >= 15 is 0 Å². The molecule has 2 heteroatoms. The second-order valence-electron chi connectivity index (χ2n) is 2.05. The van der Waals surface area contributed by atoms with Crippen molar-refractivity contribution in [1.29, 1.82) is 0 Å². The molecule has 1 aromatic carbocycles. The van der Waals surface area contributed by atoms with Gasteiger partial charge in [0.25, 0.3) is 0 Å². The molecule has 0 aliphatic heterocycles. The molecule has 56 valence electrons. The standard InChI is InChI=1S/C9H7FO/c10-9(11)7-6-8-4-2-1-3-5-8/h1-7H/b7-6+. The first kappa shape index (κ1) is 7.66. The van der Waals surface area contributed by atoms with E-state index in [0.717, 1.165) is 11.6 Å². The Kier molecular flexibility index (Phi) is 2.55. The van der Waals surface area contributed by atoms with Crippen LogP contribution in [-0.2, 0) is 4.79 Å². The summed E-state index contributed by atoms with van der Waals surface area (Å²) in [6, 6.07) is 7.66. The van der Waals surface area contributed by atoms with E-state index in [9.17, 15) is 9.18 Å². The third-order valence-corrected chi connectivity index (χ3v) is 1.21. The number of rotatable bonds is 2. The van der Waals surface area contributed by atoms with E-state index in [4.69, 9.17) is 0 Å². The molecule has 0 aliphatic carbocycles. The molecule has 0 saturated carbocycles. The van der Waals surface area contributed by atoms with E-state index in [-0.39, 0.29) is 0 Å². The Hall–Kier alpha value is -1.44. The number of benzene rings is 1. The van der Waals surface area contributed by atoms with E-state index in [1.165, 1.54) is 6.08 Å². The van der Waals surface area contributed by atoms with Crippen LogP contribution < -0.4 is 0 Å². The van der Waals surface area contributed by atoms with Crippen molar-refractivity contribution in [1.82, 2.24) is 0 Å². The van der Waals surface area contributed by atoms with Gasteiger partial charge in [0.15, 0.2) is 0 Å². The highest BCUT2D eigenvalue weighted by Crippen LogP contribution is 2.00. The highest BCUT2D eigenvalue weighted by molar-refractivity contribution is 5.85. The van der Waals surface area contributed by atoms with E-state index in [1.54, 1.807) is 12.1 Å². The van der Waals surface area contributed by atoms with Gasteiger partial charge in [-0.15, -0.1) is 0 Å². The highest BCUT2D eigenvalue weighted by Gasteiger charge is 1.87. The molecule has 0 aromatic heterocycles. The van der Waals surface area contributed by atoms with Crippen LogP contribution in [0.15, 0.2) is 36.4 Å². The summed E-state index contributed by atoms with van der Waals surface area (Å²) in [7, 11) is 0. The minimum Gasteiger partial charge on any atom is -0.256 e. The second kappa shape index (κ2) is 3.66. The molecule has 0 saturated heterocycles. The van der Waals surface area contributed by atoms with Crippen LogP contribution in [0.4, 0.5) is 4.39 Å². The van der Waals surface area contributed by atoms with E-state index in [1.807, 2.05) is 18.2 Å². The Bertz CT molecular complexity index is 264. The highest BCUT2D eigenvalue weighted by atomic mass is 19.1. The number of carbonyl (C=O) groups is 1. The van der Waals surface area contributed by atoms with Gasteiger partial charge in [-0.25, -0.2) is 0 Å². The van der Waals surface area contributed by atoms with Gasteiger partial charge in [-0.05, 0) is 11.6 Å². The summed E-state index contributed by atoms with van der Waals surface area (Å²) >= 11 is 0. The SMILES string of the molecule is O=C(F)/C=C/c1ccccc1. The molecular formula is C9H7FO. The molecule has 0 heterocycles. The van der Waals surface area contributed by atoms with Gasteiger partial charge in [-0.1, -0.05) is 30.3 Å². The van der Waals surface area contributed by atoms with Crippen LogP contribution in [-0.4, -0.2) is 6.04 Å². The van der Waals surface area contributed by atoms with Crippen molar-refractivity contribution in [3.05, 3.63) is 42.0 Å². The topological polar surface area (TPSA) is 17.1 Å². The lowest BCUT2D eigenvalue weighted by molar-refractivity contribution is -0.124. The largest absolute Gasteiger partial charge is 0.324 e. The van der Waals surface area contributed by atoms with Gasteiger partial charge >= 0.3 is 6.04 Å². The van der Waals surface area contributed by atoms with Crippen LogP contribution in [0.5, 0.6) is 0 Å². The molecule has 0 amide bonds. The number of hydrogen-bond acceptors (Lipinski definition) is 1. The summed E-state index contributed by atoms with van der Waals surface area (Å²) in [5.41, 5.74) is 0.818. The smallest absolute Gasteiger partial charge is 0.256 e. The fraction of sp³-hybridized carbons (Fsp3) is 0. The fourth-order valence-corrected chi connectivity index (χ4v) is 0.726. The van der Waals surface area contributed by atoms with Gasteiger partial charge < -0.3 is 0 Å². The average Bonchev–Trinajstić information content (AvgIpc) is 2.03. The summed E-state index contributed by atoms with van der Waals surface area (Å²) < 4.78 is 11.7. The Morgan fingerprint density at radius 1 is 1.27 bits per heavy atom. The summed E-state index contributed by atoms with van der Waals surface area (Å²) in [4.78, 5) is 9.86. The van der Waals surface area contributed by atoms with E-state index in [2.05, 4.69) is 0 Å². The van der Waals surface area contributed by atoms with Crippen molar-refractivity contribution < 1.29 is 9.18 Å². The van der Waals surface area contributed by atoms with Gasteiger partial charge in [0.05, 0.1) is 0 Å². The normalized spacial score (nSPS) is 10.3. The second-order valence-corrected chi connectivity index (χ2v) is 2.05. The third-order valence-electron chi connectivity index (χ3n) is 1.21. The Labute approximate surface area is 64.2 Å². The summed E-state index contributed by atoms with van der Waals surface area (Å²) in [5, 5.41) is 0. The molecule has 0 aliphatic rings. The Morgan fingerprint density at radius 3 is 2.45 bits per heavy atom. The lowest BCUT2D eigenvalue weighted by Crippen LogP contribution is -1.76. The quantitative estimate of drug-likeness (QED) is 0.466. The third kappa shape index (κ3) is 2.76. The van der Waals surface area contributed by atoms with Crippen molar-refractivity contribution >= 4 is 12.1 Å². The van der Waals surface area contributed by atoms with Gasteiger partial charge in [-0.2, -0.15) is 4.39 Å². The van der Waals surface area contributed by atoms with Gasteiger partial charge in [-0.3, -0.25) is 4.79 Å². The molecule has 11 heavy (non-hydrogen) atoms. The van der Waals surface area contributed by atoms with Crippen molar-refractivity contribution in [2.24, 2.45) is 0 Å². The zero-order valence-corrected chi connectivity index (χ0v) is 5.83. The lowest BCUT2D eigenvalue weighted by atomic mass is 10.2. The Balaban J connectivity index is 2.72. The summed E-state index contributed by atoms with van der Waals surface area (Å²) in [6.07, 6.45) is 2.33. The zero-order valence-electron chi connectivity index (χ0n) is 5.83. The predicted octanol–water partition coefficient (Wildman–Crippen LogP) is 2.20. The van der Waals surface area contributed by atoms with Gasteiger partial charge in [0, 0.05) is 6.08 Å². The van der Waals surface area contributed by atoms with Crippen LogP contribution in [0.1, 0.15) is 5.56 Å². The first-order valence-corrected chi connectivity index (χ1v) is 3.21. The lowest BCUT2D eigenvalue weighted by Gasteiger charge is -1.87.